The molecule has 0 bridgehead atoms. The molecule has 0 saturated carbocycles. The highest BCUT2D eigenvalue weighted by Crippen LogP contribution is 2.33. The van der Waals surface area contributed by atoms with Crippen LogP contribution in [0.5, 0.6) is 0 Å². The van der Waals surface area contributed by atoms with E-state index in [9.17, 15) is 61.0 Å². The Hall–Kier alpha value is -1.47. The molecule has 84 heavy (non-hydrogen) atoms. The van der Waals surface area contributed by atoms with Crippen molar-refractivity contribution in [3.05, 3.63) is 12.2 Å². The van der Waals surface area contributed by atoms with Crippen LogP contribution in [0.2, 0.25) is 0 Å². The Morgan fingerprint density at radius 2 is 0.750 bits per heavy atom. The fourth-order valence-corrected chi connectivity index (χ4v) is 11.8. The lowest BCUT2D eigenvalue weighted by Crippen LogP contribution is -2.66. The van der Waals surface area contributed by atoms with Gasteiger partial charge in [-0.25, -0.2) is 0 Å². The van der Waals surface area contributed by atoms with Gasteiger partial charge in [-0.1, -0.05) is 231 Å². The first-order valence-electron chi connectivity index (χ1n) is 33.9. The first-order valence-corrected chi connectivity index (χ1v) is 33.9. The number of carbonyl (C=O) groups is 1. The standard InChI is InChI=1S/C65H123NO18/c1-3-5-7-9-11-13-15-17-18-19-20-21-22-23-24-25-26-27-28-29-30-31-33-35-37-39-41-43-53(71)66-48(49(70)42-40-38-36-34-32-16-14-12-10-8-6-4-2)47-79-63-59(77)56(74)61(51(45-68)81-63)84-65-60(78)57(75)62(52(46-69)82-65)83-64-58(76)55(73)54(72)50(44-67)80-64/h19-20,48-52,54-65,67-70,72-78H,3-18,21-47H2,1-2H3,(H,66,71)/b20-19-. The van der Waals surface area contributed by atoms with Gasteiger partial charge in [-0.05, 0) is 38.5 Å². The summed E-state index contributed by atoms with van der Waals surface area (Å²) in [6.45, 7) is 1.81. The Kier molecular flexibility index (Phi) is 44.2. The van der Waals surface area contributed by atoms with Crippen molar-refractivity contribution in [3.63, 3.8) is 0 Å². The van der Waals surface area contributed by atoms with E-state index < -0.39 is 124 Å². The Morgan fingerprint density at radius 3 is 1.15 bits per heavy atom. The molecule has 19 nitrogen and oxygen atoms in total. The van der Waals surface area contributed by atoms with Crippen molar-refractivity contribution in [2.24, 2.45) is 0 Å². The SMILES string of the molecule is CCCCCCCCCC/C=C\CCCCCCCCCCCCCCCCCC(=O)NC(COC1OC(CO)C(OC2OC(CO)C(OC3OC(CO)C(O)C(O)C3O)C(O)C2O)C(O)C1O)C(O)CCCCCCCCCCCCCC. The number of hydrogen-bond acceptors (Lipinski definition) is 18. The van der Waals surface area contributed by atoms with Crippen LogP contribution >= 0.6 is 0 Å². The molecule has 3 rings (SSSR count). The third-order valence-electron chi connectivity index (χ3n) is 17.3. The van der Waals surface area contributed by atoms with Crippen molar-refractivity contribution < 1.29 is 89.4 Å². The van der Waals surface area contributed by atoms with Crippen LogP contribution in [0.15, 0.2) is 12.2 Å². The molecule has 0 aromatic rings. The second kappa shape index (κ2) is 48.4. The molecule has 17 atom stereocenters. The summed E-state index contributed by atoms with van der Waals surface area (Å²) in [7, 11) is 0. The molecule has 3 saturated heterocycles. The summed E-state index contributed by atoms with van der Waals surface area (Å²) in [4.78, 5) is 13.4. The number of rotatable bonds is 52. The maximum atomic E-state index is 13.4. The second-order valence-electron chi connectivity index (χ2n) is 24.6. The Balaban J connectivity index is 1.39. The van der Waals surface area contributed by atoms with Crippen LogP contribution in [0.4, 0.5) is 0 Å². The third-order valence-corrected chi connectivity index (χ3v) is 17.3. The van der Waals surface area contributed by atoms with E-state index in [0.717, 1.165) is 44.9 Å². The molecule has 3 heterocycles. The first-order chi connectivity index (χ1) is 40.8. The molecule has 3 aliphatic heterocycles. The zero-order valence-corrected chi connectivity index (χ0v) is 52.2. The van der Waals surface area contributed by atoms with Crippen LogP contribution in [0, 0.1) is 0 Å². The normalized spacial score (nSPS) is 29.2. The summed E-state index contributed by atoms with van der Waals surface area (Å²) >= 11 is 0. The van der Waals surface area contributed by atoms with Crippen LogP contribution in [0.25, 0.3) is 0 Å². The Bertz CT molecular complexity index is 1580. The molecule has 19 heteroatoms. The number of carbonyl (C=O) groups excluding carboxylic acids is 1. The van der Waals surface area contributed by atoms with Crippen LogP contribution < -0.4 is 5.32 Å². The van der Waals surface area contributed by atoms with Crippen molar-refractivity contribution in [2.45, 2.75) is 369 Å². The van der Waals surface area contributed by atoms with Crippen LogP contribution in [-0.4, -0.2) is 193 Å². The predicted molar refractivity (Wildman–Crippen MR) is 323 cm³/mol. The summed E-state index contributed by atoms with van der Waals surface area (Å²) in [5.41, 5.74) is 0. The van der Waals surface area contributed by atoms with E-state index in [1.807, 2.05) is 0 Å². The van der Waals surface area contributed by atoms with Gasteiger partial charge in [0.1, 0.15) is 73.2 Å². The highest BCUT2D eigenvalue weighted by molar-refractivity contribution is 5.76. The summed E-state index contributed by atoms with van der Waals surface area (Å²) < 4.78 is 34.4. The van der Waals surface area contributed by atoms with Crippen molar-refractivity contribution in [1.29, 1.82) is 0 Å². The Morgan fingerprint density at radius 1 is 0.417 bits per heavy atom. The third kappa shape index (κ3) is 30.8. The minimum absolute atomic E-state index is 0.240. The Labute approximate surface area is 506 Å². The zero-order valence-electron chi connectivity index (χ0n) is 52.2. The minimum Gasteiger partial charge on any atom is -0.394 e. The van der Waals surface area contributed by atoms with Crippen molar-refractivity contribution >= 4 is 5.91 Å². The fraction of sp³-hybridized carbons (Fsp3) is 0.954. The second-order valence-corrected chi connectivity index (χ2v) is 24.6. The van der Waals surface area contributed by atoms with E-state index >= 15 is 0 Å². The molecule has 0 radical (unpaired) electrons. The van der Waals surface area contributed by atoms with Crippen molar-refractivity contribution in [1.82, 2.24) is 5.32 Å². The molecule has 0 spiro atoms. The molecule has 0 aromatic heterocycles. The highest BCUT2D eigenvalue weighted by Gasteiger charge is 2.53. The molecule has 1 amide bonds. The first kappa shape index (κ1) is 76.8. The molecule has 17 unspecified atom stereocenters. The maximum Gasteiger partial charge on any atom is 0.220 e. The van der Waals surface area contributed by atoms with E-state index in [0.29, 0.717) is 12.8 Å². The monoisotopic (exact) mass is 1210 g/mol. The smallest absolute Gasteiger partial charge is 0.220 e. The average Bonchev–Trinajstić information content (AvgIpc) is 2.98. The molecule has 0 aliphatic carbocycles. The molecule has 3 aliphatic rings. The molecule has 0 aromatic carbocycles. The van der Waals surface area contributed by atoms with Gasteiger partial charge >= 0.3 is 0 Å². The van der Waals surface area contributed by atoms with Crippen LogP contribution in [-0.2, 0) is 33.2 Å². The van der Waals surface area contributed by atoms with E-state index in [2.05, 4.69) is 31.3 Å². The van der Waals surface area contributed by atoms with Crippen molar-refractivity contribution in [3.8, 4) is 0 Å². The number of allylic oxidation sites excluding steroid dienone is 2. The number of amides is 1. The van der Waals surface area contributed by atoms with E-state index in [1.54, 1.807) is 0 Å². The quantitative estimate of drug-likeness (QED) is 0.0202. The number of nitrogens with one attached hydrogen (secondary N) is 1. The maximum absolute atomic E-state index is 13.4. The zero-order chi connectivity index (χ0) is 61.2. The number of hydrogen-bond donors (Lipinski definition) is 12. The van der Waals surface area contributed by atoms with Gasteiger partial charge in [0.25, 0.3) is 0 Å². The van der Waals surface area contributed by atoms with Crippen molar-refractivity contribution in [2.75, 3.05) is 26.4 Å². The van der Waals surface area contributed by atoms with Gasteiger partial charge < -0.3 is 89.9 Å². The van der Waals surface area contributed by atoms with E-state index in [1.165, 1.54) is 186 Å². The summed E-state index contributed by atoms with van der Waals surface area (Å²) in [6.07, 6.45) is 24.5. The average molecular weight is 1210 g/mol. The largest absolute Gasteiger partial charge is 0.394 e. The van der Waals surface area contributed by atoms with Crippen LogP contribution in [0.1, 0.15) is 264 Å². The van der Waals surface area contributed by atoms with Gasteiger partial charge in [-0.2, -0.15) is 0 Å². The van der Waals surface area contributed by atoms with E-state index in [-0.39, 0.29) is 18.9 Å². The minimum atomic E-state index is -1.97. The lowest BCUT2D eigenvalue weighted by molar-refractivity contribution is -0.379. The topological polar surface area (TPSA) is 307 Å². The summed E-state index contributed by atoms with van der Waals surface area (Å²) in [5.74, 6) is -0.240. The van der Waals surface area contributed by atoms with Gasteiger partial charge in [0.2, 0.25) is 5.91 Å². The number of aliphatic hydroxyl groups is 11. The number of unbranched alkanes of at least 4 members (excludes halogenated alkanes) is 34. The summed E-state index contributed by atoms with van der Waals surface area (Å²) in [5, 5.41) is 120. The number of ether oxygens (including phenoxy) is 6. The van der Waals surface area contributed by atoms with Gasteiger partial charge in [0.15, 0.2) is 18.9 Å². The predicted octanol–water partition coefficient (Wildman–Crippen LogP) is 8.11. The lowest BCUT2D eigenvalue weighted by atomic mass is 9.96. The fourth-order valence-electron chi connectivity index (χ4n) is 11.8. The summed E-state index contributed by atoms with van der Waals surface area (Å²) in [6, 6.07) is -0.882. The van der Waals surface area contributed by atoms with E-state index in [4.69, 9.17) is 28.4 Å². The lowest BCUT2D eigenvalue weighted by Gasteiger charge is -2.48. The van der Waals surface area contributed by atoms with Gasteiger partial charge in [-0.3, -0.25) is 4.79 Å². The van der Waals surface area contributed by atoms with Gasteiger partial charge in [-0.15, -0.1) is 0 Å². The van der Waals surface area contributed by atoms with Gasteiger partial charge in [0.05, 0.1) is 38.6 Å². The highest BCUT2D eigenvalue weighted by atomic mass is 16.8. The molecule has 12 N–H and O–H groups in total. The van der Waals surface area contributed by atoms with Gasteiger partial charge in [0, 0.05) is 6.42 Å². The molecule has 3 fully saturated rings. The van der Waals surface area contributed by atoms with Crippen LogP contribution in [0.3, 0.4) is 0 Å². The molecular formula is C65H123NO18. The number of aliphatic hydroxyl groups excluding tert-OH is 11. The molecule has 496 valence electrons. The molecular weight excluding hydrogens is 1080 g/mol.